The van der Waals surface area contributed by atoms with Crippen LogP contribution in [0.5, 0.6) is 0 Å². The number of aliphatic hydroxyl groups excluding tert-OH is 1. The molecule has 0 rings (SSSR count). The van der Waals surface area contributed by atoms with Crippen molar-refractivity contribution in [1.29, 1.82) is 0 Å². The van der Waals surface area contributed by atoms with Crippen molar-refractivity contribution >= 4 is 11.9 Å². The van der Waals surface area contributed by atoms with Crippen LogP contribution in [0.1, 0.15) is 33.6 Å². The molecule has 1 unspecified atom stereocenters. The maximum absolute atomic E-state index is 12.1. The molecular formula is C13H26N2O4. The molecule has 0 fully saturated rings. The highest BCUT2D eigenvalue weighted by atomic mass is 16.5. The van der Waals surface area contributed by atoms with Crippen molar-refractivity contribution in [2.45, 2.75) is 33.6 Å². The molecule has 19 heavy (non-hydrogen) atoms. The first-order valence-electron chi connectivity index (χ1n) is 6.66. The molecule has 1 atom stereocenters. The molecule has 0 aromatic rings. The highest BCUT2D eigenvalue weighted by Gasteiger charge is 2.41. The van der Waals surface area contributed by atoms with Gasteiger partial charge in [0.2, 0.25) is 5.91 Å². The summed E-state index contributed by atoms with van der Waals surface area (Å²) in [6.45, 7) is 6.02. The minimum atomic E-state index is -0.982. The molecule has 0 spiro atoms. The van der Waals surface area contributed by atoms with E-state index in [2.05, 4.69) is 5.32 Å². The van der Waals surface area contributed by atoms with E-state index >= 15 is 0 Å². The summed E-state index contributed by atoms with van der Waals surface area (Å²) >= 11 is 0. The SMILES string of the molecule is CCOC(=O)C(CN)(CC(=O)NCCO)CC(C)C. The Balaban J connectivity index is 4.90. The Hall–Kier alpha value is -1.14. The molecule has 0 aliphatic rings. The lowest BCUT2D eigenvalue weighted by molar-refractivity contribution is -0.158. The summed E-state index contributed by atoms with van der Waals surface area (Å²) in [5.74, 6) is -0.503. The van der Waals surface area contributed by atoms with E-state index in [-0.39, 0.29) is 44.5 Å². The standard InChI is InChI=1S/C13H26N2O4/c1-4-19-12(18)13(9-14,7-10(2)3)8-11(17)15-5-6-16/h10,16H,4-9,14H2,1-3H3,(H,15,17). The van der Waals surface area contributed by atoms with Crippen LogP contribution >= 0.6 is 0 Å². The Kier molecular flexibility index (Phi) is 8.34. The van der Waals surface area contributed by atoms with Crippen molar-refractivity contribution in [2.75, 3.05) is 26.3 Å². The number of rotatable bonds is 9. The second-order valence-corrected chi connectivity index (χ2v) is 5.05. The van der Waals surface area contributed by atoms with Gasteiger partial charge in [-0.05, 0) is 19.3 Å². The average Bonchev–Trinajstić information content (AvgIpc) is 2.35. The Labute approximate surface area is 114 Å². The maximum Gasteiger partial charge on any atom is 0.313 e. The first kappa shape index (κ1) is 17.9. The molecule has 0 aliphatic carbocycles. The van der Waals surface area contributed by atoms with Crippen LogP contribution in [0.4, 0.5) is 0 Å². The van der Waals surface area contributed by atoms with Gasteiger partial charge in [-0.1, -0.05) is 13.8 Å². The highest BCUT2D eigenvalue weighted by Crippen LogP contribution is 2.31. The third-order valence-electron chi connectivity index (χ3n) is 2.83. The predicted octanol–water partition coefficient (Wildman–Crippen LogP) is 0.0393. The summed E-state index contributed by atoms with van der Waals surface area (Å²) < 4.78 is 5.06. The first-order chi connectivity index (χ1) is 8.91. The molecule has 6 heteroatoms. The van der Waals surface area contributed by atoms with E-state index in [1.165, 1.54) is 0 Å². The fourth-order valence-corrected chi connectivity index (χ4v) is 2.10. The van der Waals surface area contributed by atoms with E-state index in [1.807, 2.05) is 13.8 Å². The molecule has 0 saturated heterocycles. The number of hydrogen-bond acceptors (Lipinski definition) is 5. The number of esters is 1. The van der Waals surface area contributed by atoms with Crippen LogP contribution in [-0.2, 0) is 14.3 Å². The average molecular weight is 274 g/mol. The molecule has 1 amide bonds. The maximum atomic E-state index is 12.1. The predicted molar refractivity (Wildman–Crippen MR) is 72.3 cm³/mol. The Morgan fingerprint density at radius 3 is 2.47 bits per heavy atom. The van der Waals surface area contributed by atoms with E-state index in [9.17, 15) is 9.59 Å². The molecule has 0 bridgehead atoms. The van der Waals surface area contributed by atoms with Gasteiger partial charge in [0.1, 0.15) is 0 Å². The van der Waals surface area contributed by atoms with Crippen molar-refractivity contribution in [3.05, 3.63) is 0 Å². The third kappa shape index (κ3) is 6.02. The molecule has 0 radical (unpaired) electrons. The summed E-state index contributed by atoms with van der Waals surface area (Å²) in [5.41, 5.74) is 4.75. The first-order valence-corrected chi connectivity index (χ1v) is 6.66. The fraction of sp³-hybridized carbons (Fsp3) is 0.846. The smallest absolute Gasteiger partial charge is 0.313 e. The number of carbonyl (C=O) groups is 2. The van der Waals surface area contributed by atoms with E-state index in [4.69, 9.17) is 15.6 Å². The topological polar surface area (TPSA) is 102 Å². The third-order valence-corrected chi connectivity index (χ3v) is 2.83. The quantitative estimate of drug-likeness (QED) is 0.515. The van der Waals surface area contributed by atoms with E-state index in [0.717, 1.165) is 0 Å². The van der Waals surface area contributed by atoms with Gasteiger partial charge in [-0.25, -0.2) is 0 Å². The van der Waals surface area contributed by atoms with Gasteiger partial charge >= 0.3 is 5.97 Å². The second-order valence-electron chi connectivity index (χ2n) is 5.05. The van der Waals surface area contributed by atoms with Crippen LogP contribution < -0.4 is 11.1 Å². The van der Waals surface area contributed by atoms with Crippen molar-refractivity contribution in [3.63, 3.8) is 0 Å². The highest BCUT2D eigenvalue weighted by molar-refractivity contribution is 5.86. The van der Waals surface area contributed by atoms with Crippen molar-refractivity contribution in [1.82, 2.24) is 5.32 Å². The monoisotopic (exact) mass is 274 g/mol. The lowest BCUT2D eigenvalue weighted by Crippen LogP contribution is -2.45. The van der Waals surface area contributed by atoms with Gasteiger partial charge in [0.05, 0.1) is 18.6 Å². The normalized spacial score (nSPS) is 14.0. The minimum Gasteiger partial charge on any atom is -0.466 e. The van der Waals surface area contributed by atoms with Crippen LogP contribution in [0.25, 0.3) is 0 Å². The van der Waals surface area contributed by atoms with E-state index < -0.39 is 11.4 Å². The minimum absolute atomic E-state index is 0.0134. The Bertz CT molecular complexity index is 294. The van der Waals surface area contributed by atoms with Crippen molar-refractivity contribution in [2.24, 2.45) is 17.1 Å². The van der Waals surface area contributed by atoms with Crippen LogP contribution in [0.3, 0.4) is 0 Å². The number of nitrogens with one attached hydrogen (secondary N) is 1. The van der Waals surface area contributed by atoms with Gasteiger partial charge in [-0.3, -0.25) is 9.59 Å². The molecule has 0 aliphatic heterocycles. The Morgan fingerprint density at radius 1 is 1.42 bits per heavy atom. The van der Waals surface area contributed by atoms with Gasteiger partial charge in [-0.15, -0.1) is 0 Å². The van der Waals surface area contributed by atoms with Crippen LogP contribution in [0, 0.1) is 11.3 Å². The van der Waals surface area contributed by atoms with Crippen molar-refractivity contribution in [3.8, 4) is 0 Å². The number of ether oxygens (including phenoxy) is 1. The van der Waals surface area contributed by atoms with Gasteiger partial charge in [0, 0.05) is 19.5 Å². The zero-order chi connectivity index (χ0) is 14.9. The zero-order valence-corrected chi connectivity index (χ0v) is 12.1. The lowest BCUT2D eigenvalue weighted by Gasteiger charge is -2.31. The summed E-state index contributed by atoms with van der Waals surface area (Å²) in [7, 11) is 0. The molecule has 0 saturated carbocycles. The summed E-state index contributed by atoms with van der Waals surface area (Å²) in [6, 6.07) is 0. The summed E-state index contributed by atoms with van der Waals surface area (Å²) in [4.78, 5) is 23.9. The summed E-state index contributed by atoms with van der Waals surface area (Å²) in [6.07, 6.45) is 0.482. The van der Waals surface area contributed by atoms with Gasteiger partial charge in [-0.2, -0.15) is 0 Å². The second kappa shape index (κ2) is 8.87. The van der Waals surface area contributed by atoms with Crippen molar-refractivity contribution < 1.29 is 19.4 Å². The lowest BCUT2D eigenvalue weighted by atomic mass is 9.77. The molecule has 112 valence electrons. The Morgan fingerprint density at radius 2 is 2.05 bits per heavy atom. The molecular weight excluding hydrogens is 248 g/mol. The van der Waals surface area contributed by atoms with Gasteiger partial charge < -0.3 is 20.9 Å². The van der Waals surface area contributed by atoms with Gasteiger partial charge in [0.15, 0.2) is 0 Å². The molecule has 0 aromatic carbocycles. The number of nitrogens with two attached hydrogens (primary N) is 1. The largest absolute Gasteiger partial charge is 0.466 e. The van der Waals surface area contributed by atoms with Crippen LogP contribution in [0.2, 0.25) is 0 Å². The van der Waals surface area contributed by atoms with Gasteiger partial charge in [0.25, 0.3) is 0 Å². The molecule has 0 heterocycles. The molecule has 0 aromatic heterocycles. The number of hydrogen-bond donors (Lipinski definition) is 3. The van der Waals surface area contributed by atoms with E-state index in [0.29, 0.717) is 6.42 Å². The number of aliphatic hydroxyl groups is 1. The molecule has 4 N–H and O–H groups in total. The number of amides is 1. The zero-order valence-electron chi connectivity index (χ0n) is 12.1. The summed E-state index contributed by atoms with van der Waals surface area (Å²) in [5, 5.41) is 11.2. The van der Waals surface area contributed by atoms with Crippen LogP contribution in [0.15, 0.2) is 0 Å². The fourth-order valence-electron chi connectivity index (χ4n) is 2.10. The van der Waals surface area contributed by atoms with E-state index in [1.54, 1.807) is 6.92 Å². The number of carbonyl (C=O) groups excluding carboxylic acids is 2. The molecule has 6 nitrogen and oxygen atoms in total. The van der Waals surface area contributed by atoms with Crippen LogP contribution in [-0.4, -0.2) is 43.3 Å².